The van der Waals surface area contributed by atoms with Gasteiger partial charge in [-0.15, -0.1) is 0 Å². The Morgan fingerprint density at radius 3 is 2.74 bits per heavy atom. The van der Waals surface area contributed by atoms with E-state index in [1.807, 2.05) is 24.0 Å². The fraction of sp³-hybridized carbons (Fsp3) is 0.444. The van der Waals surface area contributed by atoms with Crippen LogP contribution in [0.25, 0.3) is 11.0 Å². The van der Waals surface area contributed by atoms with Crippen LogP contribution >= 0.6 is 0 Å². The summed E-state index contributed by atoms with van der Waals surface area (Å²) in [5, 5.41) is 0.883. The first-order chi connectivity index (χ1) is 11.1. The van der Waals surface area contributed by atoms with Gasteiger partial charge in [0.05, 0.1) is 7.11 Å². The van der Waals surface area contributed by atoms with E-state index in [-0.39, 0.29) is 11.5 Å². The lowest BCUT2D eigenvalue weighted by molar-refractivity contribution is -0.130. The van der Waals surface area contributed by atoms with Crippen LogP contribution in [0.4, 0.5) is 0 Å². The predicted octanol–water partition coefficient (Wildman–Crippen LogP) is 2.67. The molecular weight excluding hydrogens is 294 g/mol. The highest BCUT2D eigenvalue weighted by Crippen LogP contribution is 2.24. The first kappa shape index (κ1) is 15.6. The second-order valence-corrected chi connectivity index (χ2v) is 5.94. The summed E-state index contributed by atoms with van der Waals surface area (Å²) in [5.41, 5.74) is 1.63. The number of amides is 1. The minimum atomic E-state index is -0.363. The number of aryl methyl sites for hydroxylation is 1. The van der Waals surface area contributed by atoms with Crippen molar-refractivity contribution in [3.8, 4) is 5.75 Å². The molecule has 1 aromatic carbocycles. The molecule has 1 amide bonds. The van der Waals surface area contributed by atoms with Crippen molar-refractivity contribution in [1.29, 1.82) is 0 Å². The Morgan fingerprint density at radius 1 is 1.30 bits per heavy atom. The van der Waals surface area contributed by atoms with Crippen LogP contribution in [-0.2, 0) is 11.2 Å². The van der Waals surface area contributed by atoms with Crippen molar-refractivity contribution >= 4 is 16.9 Å². The van der Waals surface area contributed by atoms with Crippen LogP contribution in [0.15, 0.2) is 27.4 Å². The zero-order chi connectivity index (χ0) is 16.4. The molecule has 0 atom stereocenters. The number of ether oxygens (including phenoxy) is 1. The Balaban J connectivity index is 1.85. The van der Waals surface area contributed by atoms with Gasteiger partial charge in [-0.2, -0.15) is 0 Å². The fourth-order valence-corrected chi connectivity index (χ4v) is 3.15. The van der Waals surface area contributed by atoms with Crippen LogP contribution in [0.1, 0.15) is 30.4 Å². The molecule has 1 fully saturated rings. The molecule has 2 heterocycles. The molecule has 122 valence electrons. The van der Waals surface area contributed by atoms with E-state index in [1.165, 1.54) is 0 Å². The highest BCUT2D eigenvalue weighted by molar-refractivity contribution is 5.82. The molecule has 5 nitrogen and oxygen atoms in total. The molecule has 1 saturated heterocycles. The van der Waals surface area contributed by atoms with E-state index in [2.05, 4.69) is 0 Å². The number of hydrogen-bond acceptors (Lipinski definition) is 4. The van der Waals surface area contributed by atoms with Gasteiger partial charge in [0.15, 0.2) is 0 Å². The molecule has 1 aromatic heterocycles. The van der Waals surface area contributed by atoms with Crippen molar-refractivity contribution < 1.29 is 13.9 Å². The SMILES string of the molecule is COc1ccc2c(C)c(CCC(=O)N3CCCC3)c(=O)oc2c1. The summed E-state index contributed by atoms with van der Waals surface area (Å²) in [6, 6.07) is 5.44. The van der Waals surface area contributed by atoms with Crippen LogP contribution < -0.4 is 10.4 Å². The zero-order valence-electron chi connectivity index (χ0n) is 13.6. The predicted molar refractivity (Wildman–Crippen MR) is 87.9 cm³/mol. The van der Waals surface area contributed by atoms with Gasteiger partial charge in [-0.05, 0) is 43.9 Å². The number of hydrogen-bond donors (Lipinski definition) is 0. The molecule has 2 aromatic rings. The minimum absolute atomic E-state index is 0.121. The number of fused-ring (bicyclic) bond motifs is 1. The van der Waals surface area contributed by atoms with Gasteiger partial charge in [-0.1, -0.05) is 0 Å². The third-order valence-electron chi connectivity index (χ3n) is 4.54. The van der Waals surface area contributed by atoms with E-state index < -0.39 is 0 Å². The van der Waals surface area contributed by atoms with Gasteiger partial charge in [0.25, 0.3) is 0 Å². The van der Waals surface area contributed by atoms with Crippen LogP contribution in [0.2, 0.25) is 0 Å². The standard InChI is InChI=1S/C18H21NO4/c1-12-14-6-5-13(22-2)11-16(14)23-18(21)15(12)7-8-17(20)19-9-3-4-10-19/h5-6,11H,3-4,7-10H2,1-2H3. The summed E-state index contributed by atoms with van der Waals surface area (Å²) in [4.78, 5) is 26.3. The molecule has 5 heteroatoms. The lowest BCUT2D eigenvalue weighted by Crippen LogP contribution is -2.28. The van der Waals surface area contributed by atoms with Crippen molar-refractivity contribution in [2.24, 2.45) is 0 Å². The third-order valence-corrected chi connectivity index (χ3v) is 4.54. The summed E-state index contributed by atoms with van der Waals surface area (Å²) in [6.07, 6.45) is 2.92. The molecular formula is C18H21NO4. The zero-order valence-corrected chi connectivity index (χ0v) is 13.6. The van der Waals surface area contributed by atoms with Gasteiger partial charge in [0.1, 0.15) is 11.3 Å². The second-order valence-electron chi connectivity index (χ2n) is 5.94. The Kier molecular flexibility index (Phi) is 4.37. The van der Waals surface area contributed by atoms with Crippen molar-refractivity contribution in [1.82, 2.24) is 4.90 Å². The van der Waals surface area contributed by atoms with Crippen molar-refractivity contribution in [3.63, 3.8) is 0 Å². The van der Waals surface area contributed by atoms with Crippen LogP contribution in [0, 0.1) is 6.92 Å². The molecule has 23 heavy (non-hydrogen) atoms. The molecule has 1 aliphatic heterocycles. The Morgan fingerprint density at radius 2 is 2.04 bits per heavy atom. The van der Waals surface area contributed by atoms with E-state index in [9.17, 15) is 9.59 Å². The number of nitrogens with zero attached hydrogens (tertiary/aromatic N) is 1. The average molecular weight is 315 g/mol. The molecule has 0 N–H and O–H groups in total. The molecule has 1 aliphatic rings. The summed E-state index contributed by atoms with van der Waals surface area (Å²) < 4.78 is 10.6. The van der Waals surface area contributed by atoms with Crippen molar-refractivity contribution in [2.75, 3.05) is 20.2 Å². The van der Waals surface area contributed by atoms with Gasteiger partial charge in [0, 0.05) is 36.5 Å². The molecule has 0 unspecified atom stereocenters. The Hall–Kier alpha value is -2.30. The third kappa shape index (κ3) is 3.09. The van der Waals surface area contributed by atoms with Crippen molar-refractivity contribution in [2.45, 2.75) is 32.6 Å². The van der Waals surface area contributed by atoms with Crippen LogP contribution in [0.3, 0.4) is 0 Å². The fourth-order valence-electron chi connectivity index (χ4n) is 3.15. The summed E-state index contributed by atoms with van der Waals surface area (Å²) in [5.74, 6) is 0.771. The molecule has 0 saturated carbocycles. The monoisotopic (exact) mass is 315 g/mol. The first-order valence-electron chi connectivity index (χ1n) is 7.98. The topological polar surface area (TPSA) is 59.8 Å². The van der Waals surface area contributed by atoms with E-state index in [4.69, 9.17) is 9.15 Å². The smallest absolute Gasteiger partial charge is 0.339 e. The maximum Gasteiger partial charge on any atom is 0.339 e. The number of likely N-dealkylation sites (tertiary alicyclic amines) is 1. The molecule has 0 aliphatic carbocycles. The lowest BCUT2D eigenvalue weighted by Gasteiger charge is -2.15. The number of carbonyl (C=O) groups is 1. The summed E-state index contributed by atoms with van der Waals surface area (Å²) in [7, 11) is 1.57. The number of rotatable bonds is 4. The summed E-state index contributed by atoms with van der Waals surface area (Å²) in [6.45, 7) is 3.58. The lowest BCUT2D eigenvalue weighted by atomic mass is 10.0. The van der Waals surface area contributed by atoms with Crippen LogP contribution in [0.5, 0.6) is 5.75 Å². The molecule has 0 radical (unpaired) electrons. The second kappa shape index (κ2) is 6.44. The largest absolute Gasteiger partial charge is 0.497 e. The normalized spacial score (nSPS) is 14.4. The first-order valence-corrected chi connectivity index (χ1v) is 7.98. The molecule has 0 spiro atoms. The van der Waals surface area contributed by atoms with E-state index in [1.54, 1.807) is 13.2 Å². The number of carbonyl (C=O) groups excluding carboxylic acids is 1. The quantitative estimate of drug-likeness (QED) is 0.814. The van der Waals surface area contributed by atoms with E-state index in [0.717, 1.165) is 36.9 Å². The highest BCUT2D eigenvalue weighted by Gasteiger charge is 2.19. The maximum absolute atomic E-state index is 12.3. The minimum Gasteiger partial charge on any atom is -0.497 e. The average Bonchev–Trinajstić information content (AvgIpc) is 3.08. The highest BCUT2D eigenvalue weighted by atomic mass is 16.5. The van der Waals surface area contributed by atoms with Gasteiger partial charge in [0.2, 0.25) is 5.91 Å². The van der Waals surface area contributed by atoms with E-state index >= 15 is 0 Å². The number of methoxy groups -OCH3 is 1. The van der Waals surface area contributed by atoms with Gasteiger partial charge in [-0.3, -0.25) is 4.79 Å². The number of benzene rings is 1. The Labute approximate surface area is 134 Å². The van der Waals surface area contributed by atoms with Gasteiger partial charge < -0.3 is 14.1 Å². The van der Waals surface area contributed by atoms with Gasteiger partial charge in [-0.25, -0.2) is 4.79 Å². The summed E-state index contributed by atoms with van der Waals surface area (Å²) >= 11 is 0. The maximum atomic E-state index is 12.3. The van der Waals surface area contributed by atoms with Gasteiger partial charge >= 0.3 is 5.63 Å². The molecule has 0 bridgehead atoms. The van der Waals surface area contributed by atoms with E-state index in [0.29, 0.717) is 29.7 Å². The van der Waals surface area contributed by atoms with Crippen molar-refractivity contribution in [3.05, 3.63) is 39.7 Å². The molecule has 3 rings (SSSR count). The Bertz CT molecular complexity index is 787. The van der Waals surface area contributed by atoms with Crippen LogP contribution in [-0.4, -0.2) is 31.0 Å².